The second-order valence-electron chi connectivity index (χ2n) is 8.55. The maximum absolute atomic E-state index is 12.5. The van der Waals surface area contributed by atoms with Gasteiger partial charge in [-0.25, -0.2) is 4.98 Å². The summed E-state index contributed by atoms with van der Waals surface area (Å²) < 4.78 is 1.86. The molecular weight excluding hydrogens is 440 g/mol. The number of aromatic nitrogens is 2. The molecule has 2 atom stereocenters. The number of carboxylic acids is 1. The van der Waals surface area contributed by atoms with Crippen LogP contribution in [0, 0.1) is 0 Å². The van der Waals surface area contributed by atoms with Crippen LogP contribution in [0.5, 0.6) is 0 Å². The van der Waals surface area contributed by atoms with Crippen molar-refractivity contribution < 1.29 is 14.7 Å². The minimum Gasteiger partial charge on any atom is -0.480 e. The number of carbonyl (C=O) groups excluding carboxylic acids is 1. The fraction of sp³-hybridized carbons (Fsp3) is 0.179. The maximum atomic E-state index is 12.5. The first-order valence-corrected chi connectivity index (χ1v) is 11.4. The molecule has 0 radical (unpaired) electrons. The van der Waals surface area contributed by atoms with Gasteiger partial charge in [0.05, 0.1) is 23.5 Å². The van der Waals surface area contributed by atoms with Gasteiger partial charge in [0.15, 0.2) is 0 Å². The summed E-state index contributed by atoms with van der Waals surface area (Å²) in [6.45, 7) is 0. The summed E-state index contributed by atoms with van der Waals surface area (Å²) in [5.74, 6) is -1.56. The van der Waals surface area contributed by atoms with Crippen LogP contribution in [0.2, 0.25) is 0 Å². The minimum absolute atomic E-state index is 0.0272. The van der Waals surface area contributed by atoms with Gasteiger partial charge in [0.2, 0.25) is 5.91 Å². The Kier molecular flexibility index (Phi) is 7.08. The summed E-state index contributed by atoms with van der Waals surface area (Å²) in [6, 6.07) is 28.4. The van der Waals surface area contributed by atoms with Gasteiger partial charge in [0.1, 0.15) is 6.04 Å². The molecule has 35 heavy (non-hydrogen) atoms. The molecule has 3 aromatic carbocycles. The van der Waals surface area contributed by atoms with Gasteiger partial charge in [-0.3, -0.25) is 9.59 Å². The number of imidazole rings is 1. The number of hydrogen-bond donors (Lipinski definition) is 3. The standard InChI is InChI=1S/C28H28N4O3/c29-24(27(34)35)16-23-18-32(19-31-23)25(17-26(30)33)28(20-10-4-1-5-11-20,21-12-6-2-7-13-21)22-14-8-3-9-15-22/h1-15,18-19,24-25H,16-17,29H2,(H2,30,33)(H,34,35)/t24-,25?/m0/s1. The Balaban J connectivity index is 1.99. The first kappa shape index (κ1) is 23.9. The monoisotopic (exact) mass is 468 g/mol. The van der Waals surface area contributed by atoms with Crippen LogP contribution >= 0.6 is 0 Å². The number of nitrogens with two attached hydrogens (primary N) is 2. The lowest BCUT2D eigenvalue weighted by Crippen LogP contribution is -2.41. The fourth-order valence-corrected chi connectivity index (χ4v) is 4.82. The van der Waals surface area contributed by atoms with E-state index in [0.717, 1.165) is 16.7 Å². The van der Waals surface area contributed by atoms with Crippen LogP contribution in [-0.4, -0.2) is 32.6 Å². The number of amides is 1. The molecule has 7 nitrogen and oxygen atoms in total. The first-order chi connectivity index (χ1) is 16.9. The molecule has 7 heteroatoms. The molecular formula is C28H28N4O3. The minimum atomic E-state index is -1.10. The highest BCUT2D eigenvalue weighted by atomic mass is 16.4. The maximum Gasteiger partial charge on any atom is 0.320 e. The van der Waals surface area contributed by atoms with Crippen molar-refractivity contribution in [2.24, 2.45) is 11.5 Å². The van der Waals surface area contributed by atoms with Crippen LogP contribution in [0.15, 0.2) is 104 Å². The highest BCUT2D eigenvalue weighted by molar-refractivity contribution is 5.75. The summed E-state index contributed by atoms with van der Waals surface area (Å²) in [5.41, 5.74) is 14.3. The molecule has 1 heterocycles. The Morgan fingerprint density at radius 2 is 1.31 bits per heavy atom. The molecule has 1 aromatic heterocycles. The van der Waals surface area contributed by atoms with E-state index in [1.165, 1.54) is 0 Å². The number of aliphatic carboxylic acids is 1. The lowest BCUT2D eigenvalue weighted by atomic mass is 9.63. The fourth-order valence-electron chi connectivity index (χ4n) is 4.82. The van der Waals surface area contributed by atoms with Crippen molar-refractivity contribution >= 4 is 11.9 Å². The van der Waals surface area contributed by atoms with E-state index in [1.807, 2.05) is 95.6 Å². The van der Waals surface area contributed by atoms with Crippen molar-refractivity contribution in [2.45, 2.75) is 30.3 Å². The van der Waals surface area contributed by atoms with Gasteiger partial charge in [0, 0.05) is 19.0 Å². The number of carboxylic acid groups (broad SMARTS) is 1. The van der Waals surface area contributed by atoms with Crippen LogP contribution in [-0.2, 0) is 21.4 Å². The van der Waals surface area contributed by atoms with Crippen molar-refractivity contribution in [3.8, 4) is 0 Å². The lowest BCUT2D eigenvalue weighted by Gasteiger charge is -2.43. The number of nitrogens with zero attached hydrogens (tertiary/aromatic N) is 2. The summed E-state index contributed by atoms with van der Waals surface area (Å²) in [6.07, 6.45) is 3.49. The zero-order valence-electron chi connectivity index (χ0n) is 19.2. The number of rotatable bonds is 10. The van der Waals surface area contributed by atoms with E-state index in [-0.39, 0.29) is 12.8 Å². The normalized spacial score (nSPS) is 13.2. The van der Waals surface area contributed by atoms with Crippen molar-refractivity contribution in [1.29, 1.82) is 0 Å². The zero-order valence-corrected chi connectivity index (χ0v) is 19.2. The Hall–Kier alpha value is -4.23. The van der Waals surface area contributed by atoms with Crippen LogP contribution in [0.3, 0.4) is 0 Å². The third kappa shape index (κ3) is 4.85. The average molecular weight is 469 g/mol. The smallest absolute Gasteiger partial charge is 0.320 e. The Morgan fingerprint density at radius 1 is 0.857 bits per heavy atom. The highest BCUT2D eigenvalue weighted by Crippen LogP contribution is 2.49. The summed E-state index contributed by atoms with van der Waals surface area (Å²) in [5, 5.41) is 9.23. The van der Waals surface area contributed by atoms with Gasteiger partial charge in [-0.1, -0.05) is 91.0 Å². The summed E-state index contributed by atoms with van der Waals surface area (Å²) in [7, 11) is 0. The van der Waals surface area contributed by atoms with E-state index in [1.54, 1.807) is 12.5 Å². The number of primary amides is 1. The van der Waals surface area contributed by atoms with Crippen LogP contribution < -0.4 is 11.5 Å². The summed E-state index contributed by atoms with van der Waals surface area (Å²) in [4.78, 5) is 28.2. The molecule has 0 bridgehead atoms. The number of benzene rings is 3. The van der Waals surface area contributed by atoms with Crippen molar-refractivity contribution in [3.63, 3.8) is 0 Å². The van der Waals surface area contributed by atoms with E-state index in [2.05, 4.69) is 4.98 Å². The molecule has 4 rings (SSSR count). The SMILES string of the molecule is NC(=O)CC(n1cnc(C[C@H](N)C(=O)O)c1)C(c1ccccc1)(c1ccccc1)c1ccccc1. The molecule has 1 unspecified atom stereocenters. The second kappa shape index (κ2) is 10.4. The van der Waals surface area contributed by atoms with Crippen LogP contribution in [0.4, 0.5) is 0 Å². The van der Waals surface area contributed by atoms with Crippen LogP contribution in [0.25, 0.3) is 0 Å². The summed E-state index contributed by atoms with van der Waals surface area (Å²) >= 11 is 0. The second-order valence-corrected chi connectivity index (χ2v) is 8.55. The van der Waals surface area contributed by atoms with E-state index in [0.29, 0.717) is 5.69 Å². The van der Waals surface area contributed by atoms with E-state index in [9.17, 15) is 14.7 Å². The predicted octanol–water partition coefficient (Wildman–Crippen LogP) is 3.29. The average Bonchev–Trinajstić information content (AvgIpc) is 3.34. The Labute approximate surface area is 204 Å². The van der Waals surface area contributed by atoms with Crippen molar-refractivity contribution in [1.82, 2.24) is 9.55 Å². The molecule has 0 aliphatic heterocycles. The van der Waals surface area contributed by atoms with Gasteiger partial charge in [-0.05, 0) is 16.7 Å². The molecule has 0 spiro atoms. The topological polar surface area (TPSA) is 124 Å². The third-order valence-corrected chi connectivity index (χ3v) is 6.34. The number of hydrogen-bond acceptors (Lipinski definition) is 4. The van der Waals surface area contributed by atoms with Gasteiger partial charge in [0.25, 0.3) is 0 Å². The van der Waals surface area contributed by atoms with E-state index >= 15 is 0 Å². The molecule has 0 aliphatic rings. The van der Waals surface area contributed by atoms with Gasteiger partial charge in [-0.2, -0.15) is 0 Å². The lowest BCUT2D eigenvalue weighted by molar-refractivity contribution is -0.138. The quantitative estimate of drug-likeness (QED) is 0.308. The molecule has 0 saturated carbocycles. The van der Waals surface area contributed by atoms with Crippen molar-refractivity contribution in [2.75, 3.05) is 0 Å². The van der Waals surface area contributed by atoms with E-state index in [4.69, 9.17) is 11.5 Å². The van der Waals surface area contributed by atoms with Crippen LogP contribution in [0.1, 0.15) is 34.8 Å². The van der Waals surface area contributed by atoms with Crippen molar-refractivity contribution in [3.05, 3.63) is 126 Å². The predicted molar refractivity (Wildman–Crippen MR) is 134 cm³/mol. The van der Waals surface area contributed by atoms with Gasteiger partial charge in [-0.15, -0.1) is 0 Å². The zero-order chi connectivity index (χ0) is 24.8. The molecule has 0 saturated heterocycles. The number of carbonyl (C=O) groups is 2. The Bertz CT molecular complexity index is 1180. The largest absolute Gasteiger partial charge is 0.480 e. The molecule has 0 fully saturated rings. The molecule has 4 aromatic rings. The Morgan fingerprint density at radius 3 is 1.71 bits per heavy atom. The molecule has 0 aliphatic carbocycles. The molecule has 1 amide bonds. The first-order valence-electron chi connectivity index (χ1n) is 11.4. The third-order valence-electron chi connectivity index (χ3n) is 6.34. The van der Waals surface area contributed by atoms with E-state index < -0.39 is 29.4 Å². The molecule has 5 N–H and O–H groups in total. The van der Waals surface area contributed by atoms with Gasteiger partial charge >= 0.3 is 5.97 Å². The molecule has 178 valence electrons. The van der Waals surface area contributed by atoms with Gasteiger partial charge < -0.3 is 21.1 Å². The highest BCUT2D eigenvalue weighted by Gasteiger charge is 2.45.